The van der Waals surface area contributed by atoms with Gasteiger partial charge in [-0.2, -0.15) is 0 Å². The van der Waals surface area contributed by atoms with Crippen LogP contribution in [0.25, 0.3) is 17.0 Å². The van der Waals surface area contributed by atoms with Gasteiger partial charge in [0.25, 0.3) is 5.56 Å². The molecule has 4 aromatic rings. The third kappa shape index (κ3) is 4.09. The third-order valence-corrected chi connectivity index (χ3v) is 4.84. The standard InChI is InChI=1S/C22H22FN5O/c1-14(2)22(25-13-15-6-8-16(23)9-7-15)19-12-21(29)28-20(26-19)11-18(27-28)17-5-3-4-10-24-17/h3-12,14,22,25,27H,13H2,1-2H3/t22-/m1/s1. The van der Waals surface area contributed by atoms with E-state index in [2.05, 4.69) is 29.2 Å². The number of nitrogens with zero attached hydrogens (tertiary/aromatic N) is 3. The highest BCUT2D eigenvalue weighted by Gasteiger charge is 2.19. The largest absolute Gasteiger partial charge is 0.304 e. The molecule has 4 rings (SSSR count). The summed E-state index contributed by atoms with van der Waals surface area (Å²) in [6.07, 6.45) is 1.70. The Morgan fingerprint density at radius 1 is 1.14 bits per heavy atom. The zero-order valence-corrected chi connectivity index (χ0v) is 16.3. The fourth-order valence-corrected chi connectivity index (χ4v) is 3.33. The quantitative estimate of drug-likeness (QED) is 0.525. The molecule has 3 aromatic heterocycles. The lowest BCUT2D eigenvalue weighted by molar-refractivity contribution is 0.402. The van der Waals surface area contributed by atoms with E-state index in [4.69, 9.17) is 4.98 Å². The highest BCUT2D eigenvalue weighted by Crippen LogP contribution is 2.22. The summed E-state index contributed by atoms with van der Waals surface area (Å²) >= 11 is 0. The summed E-state index contributed by atoms with van der Waals surface area (Å²) in [5.74, 6) is -0.0514. The van der Waals surface area contributed by atoms with E-state index < -0.39 is 0 Å². The molecule has 0 saturated heterocycles. The first-order chi connectivity index (χ1) is 14.0. The van der Waals surface area contributed by atoms with E-state index in [1.54, 1.807) is 24.4 Å². The summed E-state index contributed by atoms with van der Waals surface area (Å²) in [5, 5.41) is 6.51. The van der Waals surface area contributed by atoms with Gasteiger partial charge in [-0.3, -0.25) is 14.9 Å². The smallest absolute Gasteiger partial charge is 0.272 e. The molecule has 1 aromatic carbocycles. The van der Waals surface area contributed by atoms with E-state index in [0.29, 0.717) is 17.9 Å². The molecule has 2 N–H and O–H groups in total. The summed E-state index contributed by atoms with van der Waals surface area (Å²) in [5.41, 5.74) is 3.48. The van der Waals surface area contributed by atoms with E-state index in [1.807, 2.05) is 24.3 Å². The van der Waals surface area contributed by atoms with Gasteiger partial charge in [0, 0.05) is 24.9 Å². The van der Waals surface area contributed by atoms with Gasteiger partial charge in [-0.15, -0.1) is 0 Å². The van der Waals surface area contributed by atoms with Crippen LogP contribution in [0.3, 0.4) is 0 Å². The fourth-order valence-electron chi connectivity index (χ4n) is 3.33. The Kier molecular flexibility index (Phi) is 5.22. The van der Waals surface area contributed by atoms with Gasteiger partial charge < -0.3 is 5.32 Å². The van der Waals surface area contributed by atoms with Crippen molar-refractivity contribution in [1.29, 1.82) is 0 Å². The van der Waals surface area contributed by atoms with Crippen LogP contribution in [-0.2, 0) is 6.54 Å². The summed E-state index contributed by atoms with van der Waals surface area (Å²) < 4.78 is 14.5. The first-order valence-corrected chi connectivity index (χ1v) is 9.53. The summed E-state index contributed by atoms with van der Waals surface area (Å²) in [6, 6.07) is 15.2. The van der Waals surface area contributed by atoms with Crippen LogP contribution in [0.5, 0.6) is 0 Å². The number of rotatable bonds is 6. The normalized spacial score (nSPS) is 12.6. The Balaban J connectivity index is 1.65. The van der Waals surface area contributed by atoms with Crippen LogP contribution < -0.4 is 10.9 Å². The van der Waals surface area contributed by atoms with Crippen molar-refractivity contribution in [2.75, 3.05) is 0 Å². The highest BCUT2D eigenvalue weighted by molar-refractivity contribution is 5.60. The predicted octanol–water partition coefficient (Wildman–Crippen LogP) is 3.71. The Morgan fingerprint density at radius 2 is 1.93 bits per heavy atom. The Morgan fingerprint density at radius 3 is 2.62 bits per heavy atom. The lowest BCUT2D eigenvalue weighted by Crippen LogP contribution is -2.28. The van der Waals surface area contributed by atoms with Crippen LogP contribution >= 0.6 is 0 Å². The minimum Gasteiger partial charge on any atom is -0.304 e. The number of aromatic nitrogens is 4. The molecular weight excluding hydrogens is 369 g/mol. The molecule has 0 fully saturated rings. The molecule has 3 heterocycles. The number of aromatic amines is 1. The van der Waals surface area contributed by atoms with Crippen LogP contribution in [0, 0.1) is 11.7 Å². The van der Waals surface area contributed by atoms with Gasteiger partial charge in [-0.05, 0) is 35.7 Å². The Bertz CT molecular complexity index is 1170. The average molecular weight is 391 g/mol. The molecule has 7 heteroatoms. The lowest BCUT2D eigenvalue weighted by atomic mass is 10.00. The van der Waals surface area contributed by atoms with Crippen molar-refractivity contribution in [2.24, 2.45) is 5.92 Å². The summed E-state index contributed by atoms with van der Waals surface area (Å²) in [7, 11) is 0. The minimum absolute atomic E-state index is 0.119. The van der Waals surface area contributed by atoms with Gasteiger partial charge >= 0.3 is 0 Å². The van der Waals surface area contributed by atoms with Crippen molar-refractivity contribution in [3.8, 4) is 11.4 Å². The van der Waals surface area contributed by atoms with Gasteiger partial charge in [0.1, 0.15) is 5.82 Å². The molecule has 6 nitrogen and oxygen atoms in total. The van der Waals surface area contributed by atoms with Gasteiger partial charge in [-0.25, -0.2) is 13.9 Å². The number of benzene rings is 1. The molecule has 0 aliphatic rings. The molecule has 0 spiro atoms. The first kappa shape index (κ1) is 19.0. The SMILES string of the molecule is CC(C)[C@@H](NCc1ccc(F)cc1)c1cc(=O)n2[nH]c(-c3ccccn3)cc2n1. The van der Waals surface area contributed by atoms with Crippen LogP contribution in [-0.4, -0.2) is 19.6 Å². The molecule has 0 radical (unpaired) electrons. The molecule has 0 saturated carbocycles. The number of pyridine rings is 1. The second-order valence-corrected chi connectivity index (χ2v) is 7.33. The zero-order valence-electron chi connectivity index (χ0n) is 16.3. The van der Waals surface area contributed by atoms with Gasteiger partial charge in [0.15, 0.2) is 5.65 Å². The molecule has 0 aliphatic heterocycles. The third-order valence-electron chi connectivity index (χ3n) is 4.84. The van der Waals surface area contributed by atoms with E-state index in [1.165, 1.54) is 16.6 Å². The van der Waals surface area contributed by atoms with Crippen molar-refractivity contribution >= 4 is 5.65 Å². The maximum atomic E-state index is 13.1. The zero-order chi connectivity index (χ0) is 20.4. The highest BCUT2D eigenvalue weighted by atomic mass is 19.1. The van der Waals surface area contributed by atoms with Crippen LogP contribution in [0.1, 0.15) is 31.1 Å². The Hall–Kier alpha value is -3.32. The van der Waals surface area contributed by atoms with Crippen LogP contribution in [0.15, 0.2) is 65.6 Å². The summed E-state index contributed by atoms with van der Waals surface area (Å²) in [6.45, 7) is 4.70. The molecule has 148 valence electrons. The summed E-state index contributed by atoms with van der Waals surface area (Å²) in [4.78, 5) is 21.7. The minimum atomic E-state index is -0.259. The van der Waals surface area contributed by atoms with Gasteiger partial charge in [-0.1, -0.05) is 32.0 Å². The van der Waals surface area contributed by atoms with Gasteiger partial charge in [0.2, 0.25) is 0 Å². The second-order valence-electron chi connectivity index (χ2n) is 7.33. The number of hydrogen-bond donors (Lipinski definition) is 2. The number of halogens is 1. The molecule has 0 aliphatic carbocycles. The maximum Gasteiger partial charge on any atom is 0.272 e. The number of H-pyrrole nitrogens is 1. The van der Waals surface area contributed by atoms with Gasteiger partial charge in [0.05, 0.1) is 23.1 Å². The maximum absolute atomic E-state index is 13.1. The molecular formula is C22H22FN5O. The monoisotopic (exact) mass is 391 g/mol. The number of nitrogens with one attached hydrogen (secondary N) is 2. The van der Waals surface area contributed by atoms with Crippen molar-refractivity contribution in [3.05, 3.63) is 88.2 Å². The predicted molar refractivity (Wildman–Crippen MR) is 110 cm³/mol. The van der Waals surface area contributed by atoms with Crippen molar-refractivity contribution in [2.45, 2.75) is 26.4 Å². The number of hydrogen-bond acceptors (Lipinski definition) is 4. The molecule has 0 unspecified atom stereocenters. The van der Waals surface area contributed by atoms with Crippen LogP contribution in [0.2, 0.25) is 0 Å². The number of fused-ring (bicyclic) bond motifs is 1. The van der Waals surface area contributed by atoms with E-state index in [0.717, 1.165) is 17.0 Å². The molecule has 0 bridgehead atoms. The second kappa shape index (κ2) is 7.97. The van der Waals surface area contributed by atoms with Crippen molar-refractivity contribution < 1.29 is 4.39 Å². The van der Waals surface area contributed by atoms with Crippen molar-refractivity contribution in [1.82, 2.24) is 24.9 Å². The van der Waals surface area contributed by atoms with E-state index in [9.17, 15) is 9.18 Å². The van der Waals surface area contributed by atoms with E-state index >= 15 is 0 Å². The Labute approximate surface area is 167 Å². The lowest BCUT2D eigenvalue weighted by Gasteiger charge is -2.22. The fraction of sp³-hybridized carbons (Fsp3) is 0.227. The average Bonchev–Trinajstić information content (AvgIpc) is 3.15. The van der Waals surface area contributed by atoms with E-state index in [-0.39, 0.29) is 23.3 Å². The molecule has 29 heavy (non-hydrogen) atoms. The van der Waals surface area contributed by atoms with Crippen LogP contribution in [0.4, 0.5) is 4.39 Å². The molecule has 1 atom stereocenters. The molecule has 0 amide bonds. The first-order valence-electron chi connectivity index (χ1n) is 9.53. The van der Waals surface area contributed by atoms with Crippen molar-refractivity contribution in [3.63, 3.8) is 0 Å². The topological polar surface area (TPSA) is 75.1 Å².